The fourth-order valence-corrected chi connectivity index (χ4v) is 2.01. The summed E-state index contributed by atoms with van der Waals surface area (Å²) in [5.41, 5.74) is 2.00. The Kier molecular flexibility index (Phi) is 2.51. The number of nitrogens with zero attached hydrogens (tertiary/aromatic N) is 1. The predicted octanol–water partition coefficient (Wildman–Crippen LogP) is 3.60. The Hall–Kier alpha value is -0.610. The molecule has 0 aliphatic heterocycles. The first-order chi connectivity index (χ1) is 6.29. The number of halogens is 2. The van der Waals surface area contributed by atoms with Crippen LogP contribution in [-0.4, -0.2) is 9.97 Å². The first kappa shape index (κ1) is 8.97. The highest BCUT2D eigenvalue weighted by Crippen LogP contribution is 2.30. The van der Waals surface area contributed by atoms with Crippen molar-refractivity contribution in [3.63, 3.8) is 0 Å². The number of imidazole rings is 1. The van der Waals surface area contributed by atoms with Gasteiger partial charge in [0, 0.05) is 10.0 Å². The Morgan fingerprint density at radius 1 is 1.15 bits per heavy atom. The van der Waals surface area contributed by atoms with Crippen LogP contribution in [0.1, 0.15) is 0 Å². The lowest BCUT2D eigenvalue weighted by atomic mass is 10.2. The van der Waals surface area contributed by atoms with Gasteiger partial charge >= 0.3 is 0 Å². The number of aromatic amines is 1. The molecule has 2 rings (SSSR count). The molecule has 1 aromatic heterocycles. The molecule has 0 bridgehead atoms. The van der Waals surface area contributed by atoms with Gasteiger partial charge in [-0.25, -0.2) is 4.98 Å². The maximum Gasteiger partial charge on any atom is 0.110 e. The molecule has 0 radical (unpaired) electrons. The molecule has 0 atom stereocenters. The van der Waals surface area contributed by atoms with Crippen LogP contribution in [-0.2, 0) is 0 Å². The summed E-state index contributed by atoms with van der Waals surface area (Å²) in [5, 5.41) is 0. The third-order valence-corrected chi connectivity index (χ3v) is 3.02. The summed E-state index contributed by atoms with van der Waals surface area (Å²) < 4.78 is 1.95. The van der Waals surface area contributed by atoms with Gasteiger partial charge in [0.15, 0.2) is 0 Å². The Bertz CT molecular complexity index is 423. The van der Waals surface area contributed by atoms with Crippen molar-refractivity contribution in [2.75, 3.05) is 0 Å². The van der Waals surface area contributed by atoms with Crippen LogP contribution in [0.25, 0.3) is 11.3 Å². The van der Waals surface area contributed by atoms with Crippen LogP contribution in [0.3, 0.4) is 0 Å². The Labute approximate surface area is 92.7 Å². The van der Waals surface area contributed by atoms with E-state index in [4.69, 9.17) is 0 Å². The van der Waals surface area contributed by atoms with Crippen LogP contribution in [0.15, 0.2) is 39.7 Å². The van der Waals surface area contributed by atoms with Gasteiger partial charge in [-0.1, -0.05) is 34.1 Å². The molecule has 0 amide bonds. The molecule has 2 nitrogen and oxygen atoms in total. The van der Waals surface area contributed by atoms with Crippen LogP contribution >= 0.6 is 31.9 Å². The van der Waals surface area contributed by atoms with Gasteiger partial charge in [0.2, 0.25) is 0 Å². The summed E-state index contributed by atoms with van der Waals surface area (Å²) in [4.78, 5) is 7.19. The highest BCUT2D eigenvalue weighted by Gasteiger charge is 2.07. The second kappa shape index (κ2) is 3.64. The number of H-pyrrole nitrogens is 1. The van der Waals surface area contributed by atoms with E-state index in [0.717, 1.165) is 20.3 Å². The zero-order chi connectivity index (χ0) is 9.26. The lowest BCUT2D eigenvalue weighted by molar-refractivity contribution is 1.30. The number of aromatic nitrogens is 2. The SMILES string of the molecule is Brc1ccccc1-c1nc[nH]c1Br. The molecule has 0 aliphatic rings. The number of hydrogen-bond donors (Lipinski definition) is 1. The van der Waals surface area contributed by atoms with Gasteiger partial charge in [0.25, 0.3) is 0 Å². The van der Waals surface area contributed by atoms with Crippen molar-refractivity contribution in [1.82, 2.24) is 9.97 Å². The van der Waals surface area contributed by atoms with Gasteiger partial charge in [0.05, 0.1) is 6.33 Å². The summed E-state index contributed by atoms with van der Waals surface area (Å²) in [6.45, 7) is 0. The van der Waals surface area contributed by atoms with E-state index in [9.17, 15) is 0 Å². The van der Waals surface area contributed by atoms with Crippen LogP contribution in [0, 0.1) is 0 Å². The van der Waals surface area contributed by atoms with Crippen molar-refractivity contribution < 1.29 is 0 Å². The molecular formula is C9H6Br2N2. The van der Waals surface area contributed by atoms with E-state index in [-0.39, 0.29) is 0 Å². The topological polar surface area (TPSA) is 28.7 Å². The molecule has 1 aromatic carbocycles. The van der Waals surface area contributed by atoms with E-state index in [2.05, 4.69) is 41.8 Å². The molecule has 4 heteroatoms. The summed E-state index contributed by atoms with van der Waals surface area (Å²) in [7, 11) is 0. The molecule has 0 spiro atoms. The first-order valence-corrected chi connectivity index (χ1v) is 5.31. The van der Waals surface area contributed by atoms with Gasteiger partial charge in [-0.15, -0.1) is 0 Å². The first-order valence-electron chi connectivity index (χ1n) is 3.73. The maximum absolute atomic E-state index is 4.21. The molecule has 13 heavy (non-hydrogen) atoms. The van der Waals surface area contributed by atoms with Crippen LogP contribution < -0.4 is 0 Å². The van der Waals surface area contributed by atoms with Crippen molar-refractivity contribution in [2.24, 2.45) is 0 Å². The van der Waals surface area contributed by atoms with Crippen molar-refractivity contribution in [2.45, 2.75) is 0 Å². The van der Waals surface area contributed by atoms with Gasteiger partial charge < -0.3 is 4.98 Å². The minimum atomic E-state index is 0.902. The Balaban J connectivity index is 2.59. The highest BCUT2D eigenvalue weighted by molar-refractivity contribution is 9.11. The summed E-state index contributed by atoms with van der Waals surface area (Å²) in [6, 6.07) is 7.98. The number of nitrogens with one attached hydrogen (secondary N) is 1. The molecule has 1 heterocycles. The predicted molar refractivity (Wildman–Crippen MR) is 59.4 cm³/mol. The van der Waals surface area contributed by atoms with Crippen molar-refractivity contribution >= 4 is 31.9 Å². The van der Waals surface area contributed by atoms with Gasteiger partial charge in [-0.2, -0.15) is 0 Å². The second-order valence-corrected chi connectivity index (χ2v) is 4.19. The minimum absolute atomic E-state index is 0.902. The minimum Gasteiger partial charge on any atom is -0.339 e. The molecule has 0 unspecified atom stereocenters. The molecule has 0 saturated heterocycles. The van der Waals surface area contributed by atoms with E-state index in [0.29, 0.717) is 0 Å². The van der Waals surface area contributed by atoms with Crippen LogP contribution in [0.5, 0.6) is 0 Å². The van der Waals surface area contributed by atoms with Gasteiger partial charge in [-0.3, -0.25) is 0 Å². The van der Waals surface area contributed by atoms with E-state index in [1.165, 1.54) is 0 Å². The number of rotatable bonds is 1. The highest BCUT2D eigenvalue weighted by atomic mass is 79.9. The zero-order valence-electron chi connectivity index (χ0n) is 6.59. The van der Waals surface area contributed by atoms with Gasteiger partial charge in [-0.05, 0) is 22.0 Å². The van der Waals surface area contributed by atoms with Crippen molar-refractivity contribution in [3.8, 4) is 11.3 Å². The standard InChI is InChI=1S/C9H6Br2N2/c10-7-4-2-1-3-6(7)8-9(11)13-5-12-8/h1-5H,(H,12,13). The zero-order valence-corrected chi connectivity index (χ0v) is 9.76. The quantitative estimate of drug-likeness (QED) is 0.856. The Morgan fingerprint density at radius 2 is 1.92 bits per heavy atom. The Morgan fingerprint density at radius 3 is 2.54 bits per heavy atom. The third-order valence-electron chi connectivity index (χ3n) is 1.72. The van der Waals surface area contributed by atoms with Crippen molar-refractivity contribution in [1.29, 1.82) is 0 Å². The largest absolute Gasteiger partial charge is 0.339 e. The summed E-state index contributed by atoms with van der Waals surface area (Å²) >= 11 is 6.88. The third kappa shape index (κ3) is 1.69. The normalized spacial score (nSPS) is 10.3. The lowest BCUT2D eigenvalue weighted by Crippen LogP contribution is -1.79. The summed E-state index contributed by atoms with van der Waals surface area (Å²) in [5.74, 6) is 0. The van der Waals surface area contributed by atoms with E-state index in [1.807, 2.05) is 24.3 Å². The fourth-order valence-electron chi connectivity index (χ4n) is 1.12. The van der Waals surface area contributed by atoms with E-state index < -0.39 is 0 Å². The molecule has 0 saturated carbocycles. The van der Waals surface area contributed by atoms with Crippen LogP contribution in [0.4, 0.5) is 0 Å². The molecule has 2 aromatic rings. The second-order valence-electron chi connectivity index (χ2n) is 2.54. The number of hydrogen-bond acceptors (Lipinski definition) is 1. The molecule has 1 N–H and O–H groups in total. The smallest absolute Gasteiger partial charge is 0.110 e. The van der Waals surface area contributed by atoms with E-state index >= 15 is 0 Å². The number of benzene rings is 1. The molecule has 0 aliphatic carbocycles. The molecule has 66 valence electrons. The lowest BCUT2D eigenvalue weighted by Gasteiger charge is -2.00. The summed E-state index contributed by atoms with van der Waals surface area (Å²) in [6.07, 6.45) is 1.67. The maximum atomic E-state index is 4.21. The monoisotopic (exact) mass is 300 g/mol. The van der Waals surface area contributed by atoms with Crippen LogP contribution in [0.2, 0.25) is 0 Å². The van der Waals surface area contributed by atoms with E-state index in [1.54, 1.807) is 6.33 Å². The van der Waals surface area contributed by atoms with Gasteiger partial charge in [0.1, 0.15) is 10.3 Å². The molecule has 0 fully saturated rings. The van der Waals surface area contributed by atoms with Crippen molar-refractivity contribution in [3.05, 3.63) is 39.7 Å². The fraction of sp³-hybridized carbons (Fsp3) is 0. The average Bonchev–Trinajstić information content (AvgIpc) is 2.52. The molecular weight excluding hydrogens is 296 g/mol. The average molecular weight is 302 g/mol.